The summed E-state index contributed by atoms with van der Waals surface area (Å²) < 4.78 is 13.7. The van der Waals surface area contributed by atoms with E-state index in [1.54, 1.807) is 13.1 Å². The Labute approximate surface area is 168 Å². The van der Waals surface area contributed by atoms with E-state index in [2.05, 4.69) is 24.1 Å². The van der Waals surface area contributed by atoms with Crippen LogP contribution in [0.2, 0.25) is 0 Å². The van der Waals surface area contributed by atoms with Crippen molar-refractivity contribution in [3.05, 3.63) is 34.2 Å². The van der Waals surface area contributed by atoms with Crippen LogP contribution in [-0.4, -0.2) is 47.4 Å². The van der Waals surface area contributed by atoms with Gasteiger partial charge in [-0.15, -0.1) is 0 Å². The Bertz CT molecular complexity index is 1020. The van der Waals surface area contributed by atoms with Crippen LogP contribution in [0.5, 0.6) is 0 Å². The highest BCUT2D eigenvalue weighted by Gasteiger charge is 2.31. The molecule has 0 radical (unpaired) electrons. The van der Waals surface area contributed by atoms with Crippen LogP contribution in [0.4, 0.5) is 0 Å². The number of piperidine rings is 1. The van der Waals surface area contributed by atoms with Crippen molar-refractivity contribution in [3.63, 3.8) is 0 Å². The molecule has 1 aliphatic heterocycles. The number of nitrogens with zero attached hydrogens (tertiary/aromatic N) is 2. The molecule has 1 aliphatic rings. The van der Waals surface area contributed by atoms with Crippen LogP contribution in [0.3, 0.4) is 0 Å². The van der Waals surface area contributed by atoms with Crippen molar-refractivity contribution < 1.29 is 19.1 Å². The lowest BCUT2D eigenvalue weighted by atomic mass is 10.1. The number of benzene rings is 1. The average Bonchev–Trinajstić information content (AvgIpc) is 2.95. The van der Waals surface area contributed by atoms with Crippen LogP contribution >= 0.6 is 0 Å². The van der Waals surface area contributed by atoms with E-state index in [1.807, 2.05) is 12.1 Å². The first-order chi connectivity index (χ1) is 14.0. The number of aryl methyl sites for hydroxylation is 1. The van der Waals surface area contributed by atoms with E-state index in [4.69, 9.17) is 9.47 Å². The molecule has 2 heterocycles. The molecule has 8 heteroatoms. The summed E-state index contributed by atoms with van der Waals surface area (Å²) in [7, 11) is 1.66. The van der Waals surface area contributed by atoms with E-state index in [-0.39, 0.29) is 18.0 Å². The average molecular weight is 399 g/mol. The van der Waals surface area contributed by atoms with E-state index in [1.165, 1.54) is 9.13 Å². The molecule has 0 aliphatic carbocycles. The summed E-state index contributed by atoms with van der Waals surface area (Å²) >= 11 is 0. The fourth-order valence-electron chi connectivity index (χ4n) is 3.30. The first-order valence-electron chi connectivity index (χ1n) is 9.72. The molecule has 0 spiro atoms. The van der Waals surface area contributed by atoms with E-state index in [0.29, 0.717) is 37.3 Å². The molecule has 1 fully saturated rings. The van der Waals surface area contributed by atoms with Crippen LogP contribution in [-0.2, 0) is 26.1 Å². The van der Waals surface area contributed by atoms with Gasteiger partial charge in [0.15, 0.2) is 0 Å². The zero-order chi connectivity index (χ0) is 20.8. The van der Waals surface area contributed by atoms with Gasteiger partial charge >= 0.3 is 5.69 Å². The van der Waals surface area contributed by atoms with E-state index in [0.717, 1.165) is 18.6 Å². The lowest BCUT2D eigenvalue weighted by Crippen LogP contribution is -2.44. The number of amides is 2. The fraction of sp³-hybridized carbons (Fsp3) is 0.476. The molecule has 2 aromatic rings. The van der Waals surface area contributed by atoms with Crippen molar-refractivity contribution in [2.75, 3.05) is 26.4 Å². The minimum absolute atomic E-state index is 0.215. The molecule has 2 amide bonds. The molecule has 1 N–H and O–H groups in total. The van der Waals surface area contributed by atoms with Crippen LogP contribution in [0.1, 0.15) is 37.8 Å². The summed E-state index contributed by atoms with van der Waals surface area (Å²) in [5.41, 5.74) is 1.77. The number of aromatic nitrogens is 2. The molecule has 1 aromatic heterocycles. The first kappa shape index (κ1) is 20.8. The Hall–Kier alpha value is -2.89. The maximum Gasteiger partial charge on any atom is 0.329 e. The highest BCUT2D eigenvalue weighted by Crippen LogP contribution is 2.23. The van der Waals surface area contributed by atoms with E-state index in [9.17, 15) is 14.4 Å². The number of ether oxygens (including phenoxy) is 2. The topological polar surface area (TPSA) is 91.6 Å². The number of imide groups is 1. The molecule has 8 nitrogen and oxygen atoms in total. The Balaban J connectivity index is 1.74. The van der Waals surface area contributed by atoms with Crippen molar-refractivity contribution in [1.29, 1.82) is 0 Å². The monoisotopic (exact) mass is 399 g/mol. The van der Waals surface area contributed by atoms with Crippen molar-refractivity contribution in [2.45, 2.75) is 32.2 Å². The third kappa shape index (κ3) is 4.75. The Morgan fingerprint density at radius 3 is 2.69 bits per heavy atom. The van der Waals surface area contributed by atoms with Crippen molar-refractivity contribution in [3.8, 4) is 11.8 Å². The zero-order valence-electron chi connectivity index (χ0n) is 16.7. The molecule has 1 atom stereocenters. The van der Waals surface area contributed by atoms with Crippen molar-refractivity contribution in [1.82, 2.24) is 14.5 Å². The van der Waals surface area contributed by atoms with Gasteiger partial charge in [-0.1, -0.05) is 18.8 Å². The molecule has 1 saturated heterocycles. The van der Waals surface area contributed by atoms with Gasteiger partial charge in [0.05, 0.1) is 24.2 Å². The highest BCUT2D eigenvalue weighted by atomic mass is 16.5. The van der Waals surface area contributed by atoms with Gasteiger partial charge in [-0.25, -0.2) is 4.79 Å². The van der Waals surface area contributed by atoms with Gasteiger partial charge in [0.1, 0.15) is 12.6 Å². The molecule has 1 aromatic carbocycles. The van der Waals surface area contributed by atoms with E-state index >= 15 is 0 Å². The van der Waals surface area contributed by atoms with Gasteiger partial charge in [0, 0.05) is 25.6 Å². The number of carbonyl (C=O) groups is 2. The lowest BCUT2D eigenvalue weighted by molar-refractivity contribution is -0.135. The predicted octanol–water partition coefficient (Wildman–Crippen LogP) is 1.11. The Kier molecular flexibility index (Phi) is 6.86. The number of hydrogen-bond donors (Lipinski definition) is 1. The number of fused-ring (bicyclic) bond motifs is 1. The lowest BCUT2D eigenvalue weighted by Gasteiger charge is -2.21. The fourth-order valence-corrected chi connectivity index (χ4v) is 3.30. The molecule has 3 rings (SSSR count). The van der Waals surface area contributed by atoms with Gasteiger partial charge in [-0.2, -0.15) is 0 Å². The molecular weight excluding hydrogens is 374 g/mol. The second-order valence-corrected chi connectivity index (χ2v) is 6.85. The predicted molar refractivity (Wildman–Crippen MR) is 107 cm³/mol. The third-order valence-electron chi connectivity index (χ3n) is 4.74. The highest BCUT2D eigenvalue weighted by molar-refractivity contribution is 6.00. The minimum Gasteiger partial charge on any atom is -0.379 e. The van der Waals surface area contributed by atoms with E-state index < -0.39 is 11.9 Å². The standard InChI is InChI=1S/C21H25N3O5/c1-3-10-28-12-13-29-11-4-5-15-6-7-16-18(14-15)23(2)21(27)24(16)17-8-9-19(25)22-20(17)26/h6-7,14,17H,3,8-13H2,1-2H3,(H,22,25,26). The molecule has 0 bridgehead atoms. The van der Waals surface area contributed by atoms with Gasteiger partial charge in [0.25, 0.3) is 0 Å². The number of rotatable bonds is 7. The maximum absolute atomic E-state index is 12.7. The van der Waals surface area contributed by atoms with Gasteiger partial charge in [-0.05, 0) is 31.0 Å². The van der Waals surface area contributed by atoms with Gasteiger partial charge in [0.2, 0.25) is 11.8 Å². The minimum atomic E-state index is -0.691. The summed E-state index contributed by atoms with van der Waals surface area (Å²) in [5, 5.41) is 2.30. The SMILES string of the molecule is CCCOCCOCC#Cc1ccc2c(c1)n(C)c(=O)n2C1CCC(=O)NC1=O. The quantitative estimate of drug-likeness (QED) is 0.428. The second kappa shape index (κ2) is 9.54. The van der Waals surface area contributed by atoms with Gasteiger partial charge in [-0.3, -0.25) is 24.0 Å². The maximum atomic E-state index is 12.7. The van der Waals surface area contributed by atoms with Crippen LogP contribution in [0, 0.1) is 11.8 Å². The van der Waals surface area contributed by atoms with Gasteiger partial charge < -0.3 is 9.47 Å². The number of carbonyl (C=O) groups excluding carboxylic acids is 2. The largest absolute Gasteiger partial charge is 0.379 e. The Morgan fingerprint density at radius 2 is 1.93 bits per heavy atom. The van der Waals surface area contributed by atoms with Crippen molar-refractivity contribution in [2.24, 2.45) is 7.05 Å². The summed E-state index contributed by atoms with van der Waals surface area (Å²) in [6.07, 6.45) is 1.51. The normalized spacial score (nSPS) is 16.6. The molecule has 1 unspecified atom stereocenters. The van der Waals surface area contributed by atoms with Crippen LogP contribution in [0.15, 0.2) is 23.0 Å². The van der Waals surface area contributed by atoms with Crippen LogP contribution < -0.4 is 11.0 Å². The smallest absolute Gasteiger partial charge is 0.329 e. The number of hydrogen-bond acceptors (Lipinski definition) is 5. The summed E-state index contributed by atoms with van der Waals surface area (Å²) in [4.78, 5) is 36.3. The molecule has 0 saturated carbocycles. The van der Waals surface area contributed by atoms with Crippen LogP contribution in [0.25, 0.3) is 11.0 Å². The summed E-state index contributed by atoms with van der Waals surface area (Å²) in [6, 6.07) is 4.71. The number of imidazole rings is 1. The third-order valence-corrected chi connectivity index (χ3v) is 4.74. The summed E-state index contributed by atoms with van der Waals surface area (Å²) in [5.74, 6) is 5.22. The zero-order valence-corrected chi connectivity index (χ0v) is 16.7. The Morgan fingerprint density at radius 1 is 1.14 bits per heavy atom. The number of nitrogens with one attached hydrogen (secondary N) is 1. The first-order valence-corrected chi connectivity index (χ1v) is 9.72. The summed E-state index contributed by atoms with van der Waals surface area (Å²) in [6.45, 7) is 4.13. The molecular formula is C21H25N3O5. The molecule has 29 heavy (non-hydrogen) atoms. The second-order valence-electron chi connectivity index (χ2n) is 6.85. The molecule has 154 valence electrons. The van der Waals surface area contributed by atoms with Crippen molar-refractivity contribution >= 4 is 22.8 Å².